The van der Waals surface area contributed by atoms with Crippen molar-refractivity contribution >= 4 is 17.3 Å². The SMILES string of the molecule is C=CCC(=O)Oc1cccs1. The van der Waals surface area contributed by atoms with E-state index in [0.717, 1.165) is 0 Å². The van der Waals surface area contributed by atoms with Crippen LogP contribution in [0.1, 0.15) is 6.42 Å². The fourth-order valence-corrected chi connectivity index (χ4v) is 1.18. The van der Waals surface area contributed by atoms with Crippen molar-refractivity contribution in [1.82, 2.24) is 0 Å². The van der Waals surface area contributed by atoms with Crippen molar-refractivity contribution in [2.45, 2.75) is 6.42 Å². The van der Waals surface area contributed by atoms with Gasteiger partial charge in [0.05, 0.1) is 6.42 Å². The molecular weight excluding hydrogens is 160 g/mol. The summed E-state index contributed by atoms with van der Waals surface area (Å²) in [6.07, 6.45) is 1.79. The van der Waals surface area contributed by atoms with E-state index in [0.29, 0.717) is 5.06 Å². The van der Waals surface area contributed by atoms with E-state index in [2.05, 4.69) is 6.58 Å². The predicted molar refractivity (Wildman–Crippen MR) is 44.8 cm³/mol. The van der Waals surface area contributed by atoms with Crippen LogP contribution in [0.25, 0.3) is 0 Å². The lowest BCUT2D eigenvalue weighted by Gasteiger charge is -1.96. The Bertz CT molecular complexity index is 239. The first-order valence-corrected chi connectivity index (χ1v) is 4.06. The van der Waals surface area contributed by atoms with Crippen molar-refractivity contribution in [1.29, 1.82) is 0 Å². The van der Waals surface area contributed by atoms with Crippen molar-refractivity contribution < 1.29 is 9.53 Å². The summed E-state index contributed by atoms with van der Waals surface area (Å²) in [7, 11) is 0. The highest BCUT2D eigenvalue weighted by atomic mass is 32.1. The van der Waals surface area contributed by atoms with Crippen LogP contribution in [0.2, 0.25) is 0 Å². The highest BCUT2D eigenvalue weighted by Crippen LogP contribution is 2.18. The van der Waals surface area contributed by atoms with E-state index >= 15 is 0 Å². The van der Waals surface area contributed by atoms with Gasteiger partial charge in [0.2, 0.25) is 0 Å². The lowest BCUT2D eigenvalue weighted by molar-refractivity contribution is -0.133. The molecule has 0 saturated heterocycles. The van der Waals surface area contributed by atoms with Crippen molar-refractivity contribution in [2.75, 3.05) is 0 Å². The highest BCUT2D eigenvalue weighted by Gasteiger charge is 2.01. The summed E-state index contributed by atoms with van der Waals surface area (Å²) >= 11 is 1.40. The van der Waals surface area contributed by atoms with E-state index in [-0.39, 0.29) is 12.4 Å². The van der Waals surface area contributed by atoms with Gasteiger partial charge in [-0.05, 0) is 17.5 Å². The molecule has 0 aliphatic rings. The summed E-state index contributed by atoms with van der Waals surface area (Å²) in [6, 6.07) is 3.59. The predicted octanol–water partition coefficient (Wildman–Crippen LogP) is 2.23. The fraction of sp³-hybridized carbons (Fsp3) is 0.125. The molecule has 0 saturated carbocycles. The summed E-state index contributed by atoms with van der Waals surface area (Å²) in [6.45, 7) is 3.43. The van der Waals surface area contributed by atoms with E-state index in [9.17, 15) is 4.79 Å². The third-order valence-corrected chi connectivity index (χ3v) is 1.77. The average Bonchev–Trinajstić information content (AvgIpc) is 2.40. The maximum Gasteiger partial charge on any atom is 0.315 e. The summed E-state index contributed by atoms with van der Waals surface area (Å²) < 4.78 is 4.90. The molecule has 0 aliphatic heterocycles. The van der Waals surface area contributed by atoms with Gasteiger partial charge in [0, 0.05) is 0 Å². The third-order valence-electron chi connectivity index (χ3n) is 1.02. The molecule has 0 aromatic carbocycles. The van der Waals surface area contributed by atoms with E-state index in [1.807, 2.05) is 11.4 Å². The molecule has 0 N–H and O–H groups in total. The molecule has 1 aromatic heterocycles. The van der Waals surface area contributed by atoms with Gasteiger partial charge in [0.25, 0.3) is 0 Å². The molecule has 3 heteroatoms. The topological polar surface area (TPSA) is 26.3 Å². The van der Waals surface area contributed by atoms with Gasteiger partial charge < -0.3 is 4.74 Å². The van der Waals surface area contributed by atoms with Crippen molar-refractivity contribution in [3.63, 3.8) is 0 Å². The number of carbonyl (C=O) groups excluding carboxylic acids is 1. The van der Waals surface area contributed by atoms with Crippen LogP contribution < -0.4 is 4.74 Å². The minimum atomic E-state index is -0.262. The molecule has 0 atom stereocenters. The number of ether oxygens (including phenoxy) is 1. The van der Waals surface area contributed by atoms with Gasteiger partial charge in [0.15, 0.2) is 5.06 Å². The zero-order chi connectivity index (χ0) is 8.10. The first-order valence-electron chi connectivity index (χ1n) is 3.18. The molecule has 0 radical (unpaired) electrons. The Balaban J connectivity index is 2.43. The van der Waals surface area contributed by atoms with Crippen molar-refractivity contribution in [2.24, 2.45) is 0 Å². The Morgan fingerprint density at radius 2 is 2.64 bits per heavy atom. The molecule has 1 rings (SSSR count). The van der Waals surface area contributed by atoms with Gasteiger partial charge in [-0.15, -0.1) is 17.9 Å². The first kappa shape index (κ1) is 8.01. The zero-order valence-electron chi connectivity index (χ0n) is 5.95. The number of hydrogen-bond acceptors (Lipinski definition) is 3. The first-order chi connectivity index (χ1) is 5.33. The van der Waals surface area contributed by atoms with Crippen LogP contribution in [0.15, 0.2) is 30.2 Å². The Kier molecular flexibility index (Phi) is 2.86. The molecule has 0 amide bonds. The number of esters is 1. The second-order valence-electron chi connectivity index (χ2n) is 1.90. The minimum absolute atomic E-state index is 0.262. The molecule has 0 bridgehead atoms. The molecule has 58 valence electrons. The standard InChI is InChI=1S/C8H8O2S/c1-2-4-7(9)10-8-5-3-6-11-8/h2-3,5-6H,1,4H2. The summed E-state index contributed by atoms with van der Waals surface area (Å²) in [5, 5.41) is 2.49. The second-order valence-corrected chi connectivity index (χ2v) is 2.81. The number of rotatable bonds is 3. The summed E-state index contributed by atoms with van der Waals surface area (Å²) in [5.74, 6) is -0.262. The van der Waals surface area contributed by atoms with Crippen LogP contribution in [0.4, 0.5) is 0 Å². The third kappa shape index (κ3) is 2.55. The smallest absolute Gasteiger partial charge is 0.315 e. The average molecular weight is 168 g/mol. The molecule has 2 nitrogen and oxygen atoms in total. The number of hydrogen-bond donors (Lipinski definition) is 0. The Labute approximate surface area is 69.1 Å². The van der Waals surface area contributed by atoms with Gasteiger partial charge in [-0.1, -0.05) is 6.08 Å². The lowest BCUT2D eigenvalue weighted by Crippen LogP contribution is -2.04. The van der Waals surface area contributed by atoms with Crippen LogP contribution >= 0.6 is 11.3 Å². The van der Waals surface area contributed by atoms with Gasteiger partial charge in [0.1, 0.15) is 0 Å². The van der Waals surface area contributed by atoms with Crippen LogP contribution in [-0.4, -0.2) is 5.97 Å². The van der Waals surface area contributed by atoms with E-state index in [1.54, 1.807) is 6.07 Å². The monoisotopic (exact) mass is 168 g/mol. The molecule has 0 fully saturated rings. The van der Waals surface area contributed by atoms with Crippen LogP contribution in [0.3, 0.4) is 0 Å². The Morgan fingerprint density at radius 3 is 3.18 bits per heavy atom. The molecule has 0 unspecified atom stereocenters. The molecule has 1 aromatic rings. The normalized spacial score (nSPS) is 9.09. The van der Waals surface area contributed by atoms with Crippen LogP contribution in [-0.2, 0) is 4.79 Å². The molecule has 0 aliphatic carbocycles. The zero-order valence-corrected chi connectivity index (χ0v) is 6.76. The Hall–Kier alpha value is -1.09. The molecule has 1 heterocycles. The van der Waals surface area contributed by atoms with E-state index in [4.69, 9.17) is 4.74 Å². The summed E-state index contributed by atoms with van der Waals surface area (Å²) in [4.78, 5) is 10.8. The van der Waals surface area contributed by atoms with Crippen LogP contribution in [0, 0.1) is 0 Å². The minimum Gasteiger partial charge on any atom is -0.415 e. The number of thiophene rings is 1. The lowest BCUT2D eigenvalue weighted by atomic mass is 10.4. The van der Waals surface area contributed by atoms with Gasteiger partial charge in [-0.3, -0.25) is 4.79 Å². The number of carbonyl (C=O) groups is 1. The van der Waals surface area contributed by atoms with Crippen LogP contribution in [0.5, 0.6) is 5.06 Å². The largest absolute Gasteiger partial charge is 0.415 e. The van der Waals surface area contributed by atoms with Gasteiger partial charge in [-0.2, -0.15) is 0 Å². The second kappa shape index (κ2) is 3.93. The van der Waals surface area contributed by atoms with Crippen molar-refractivity contribution in [3.8, 4) is 5.06 Å². The van der Waals surface area contributed by atoms with Gasteiger partial charge >= 0.3 is 5.97 Å². The fourth-order valence-electron chi connectivity index (χ4n) is 0.593. The summed E-state index contributed by atoms with van der Waals surface area (Å²) in [5.41, 5.74) is 0. The highest BCUT2D eigenvalue weighted by molar-refractivity contribution is 7.11. The maximum atomic E-state index is 10.8. The van der Waals surface area contributed by atoms with E-state index < -0.39 is 0 Å². The Morgan fingerprint density at radius 1 is 1.82 bits per heavy atom. The van der Waals surface area contributed by atoms with E-state index in [1.165, 1.54) is 17.4 Å². The quantitative estimate of drug-likeness (QED) is 0.511. The molecule has 0 spiro atoms. The maximum absolute atomic E-state index is 10.8. The molecular formula is C8H8O2S. The molecule has 11 heavy (non-hydrogen) atoms. The van der Waals surface area contributed by atoms with Gasteiger partial charge in [-0.25, -0.2) is 0 Å². The van der Waals surface area contributed by atoms with Crippen molar-refractivity contribution in [3.05, 3.63) is 30.2 Å².